The molecule has 1 N–H and O–H groups in total. The fourth-order valence-electron chi connectivity index (χ4n) is 1.21. The Balaban J connectivity index is 3.02. The van der Waals surface area contributed by atoms with E-state index in [1.807, 2.05) is 38.1 Å². The molecule has 0 spiro atoms. The number of hydrogen-bond donors (Lipinski definition) is 1. The van der Waals surface area contributed by atoms with Gasteiger partial charge in [-0.3, -0.25) is 0 Å². The average Bonchev–Trinajstić information content (AvgIpc) is 2.15. The van der Waals surface area contributed by atoms with Crippen molar-refractivity contribution in [1.82, 2.24) is 0 Å². The Morgan fingerprint density at radius 3 is 2.27 bits per heavy atom. The molecule has 0 aliphatic rings. The van der Waals surface area contributed by atoms with Crippen LogP contribution in [0.25, 0.3) is 6.08 Å². The first-order valence-corrected chi connectivity index (χ1v) is 5.50. The van der Waals surface area contributed by atoms with E-state index in [9.17, 15) is 4.79 Å². The lowest BCUT2D eigenvalue weighted by atomic mass is 10.0. The molecule has 0 aliphatic heterocycles. The van der Waals surface area contributed by atoms with Crippen molar-refractivity contribution in [2.24, 2.45) is 5.92 Å². The lowest BCUT2D eigenvalue weighted by Gasteiger charge is -2.05. The summed E-state index contributed by atoms with van der Waals surface area (Å²) in [4.78, 5) is 10.9. The largest absolute Gasteiger partial charge is 0.478 e. The number of rotatable bonds is 3. The van der Waals surface area contributed by atoms with Crippen molar-refractivity contribution in [3.8, 4) is 0 Å². The molecule has 0 saturated heterocycles. The van der Waals surface area contributed by atoms with Gasteiger partial charge in [0.1, 0.15) is 0 Å². The minimum absolute atomic E-state index is 0.0196. The minimum Gasteiger partial charge on any atom is -0.478 e. The van der Waals surface area contributed by atoms with Crippen LogP contribution < -0.4 is 0 Å². The van der Waals surface area contributed by atoms with E-state index in [1.165, 1.54) is 0 Å². The second-order valence-corrected chi connectivity index (χ2v) is 4.53. The summed E-state index contributed by atoms with van der Waals surface area (Å²) in [5.41, 5.74) is 1.33. The molecule has 0 radical (unpaired) electrons. The average molecular weight is 269 g/mol. The van der Waals surface area contributed by atoms with Gasteiger partial charge in [0.05, 0.1) is 0 Å². The molecule has 3 heteroatoms. The van der Waals surface area contributed by atoms with Gasteiger partial charge in [0.2, 0.25) is 0 Å². The first-order chi connectivity index (χ1) is 7.00. The first kappa shape index (κ1) is 12.0. The van der Waals surface area contributed by atoms with Crippen LogP contribution in [-0.2, 0) is 4.79 Å². The molecule has 0 aliphatic carbocycles. The summed E-state index contributed by atoms with van der Waals surface area (Å²) >= 11 is 3.33. The van der Waals surface area contributed by atoms with Crippen molar-refractivity contribution in [3.05, 3.63) is 39.9 Å². The number of aliphatic carboxylic acids is 1. The van der Waals surface area contributed by atoms with Crippen molar-refractivity contribution in [2.75, 3.05) is 0 Å². The van der Waals surface area contributed by atoms with Crippen LogP contribution in [0, 0.1) is 5.92 Å². The van der Waals surface area contributed by atoms with E-state index < -0.39 is 5.97 Å². The van der Waals surface area contributed by atoms with Gasteiger partial charge in [0.15, 0.2) is 0 Å². The summed E-state index contributed by atoms with van der Waals surface area (Å²) in [5.74, 6) is -0.834. The minimum atomic E-state index is -0.854. The molecule has 0 aromatic heterocycles. The summed E-state index contributed by atoms with van der Waals surface area (Å²) in [7, 11) is 0. The van der Waals surface area contributed by atoms with Gasteiger partial charge in [-0.1, -0.05) is 41.9 Å². The van der Waals surface area contributed by atoms with Gasteiger partial charge in [0.25, 0.3) is 0 Å². The molecule has 0 heterocycles. The van der Waals surface area contributed by atoms with Crippen molar-refractivity contribution < 1.29 is 9.90 Å². The second kappa shape index (κ2) is 5.12. The van der Waals surface area contributed by atoms with E-state index >= 15 is 0 Å². The van der Waals surface area contributed by atoms with Crippen LogP contribution in [0.15, 0.2) is 34.3 Å². The van der Waals surface area contributed by atoms with Crippen LogP contribution in [0.1, 0.15) is 19.4 Å². The molecule has 2 nitrogen and oxygen atoms in total. The Morgan fingerprint density at radius 1 is 1.33 bits per heavy atom. The fraction of sp³-hybridized carbons (Fsp3) is 0.250. The Hall–Kier alpha value is -1.09. The Morgan fingerprint density at radius 2 is 1.87 bits per heavy atom. The lowest BCUT2D eigenvalue weighted by Crippen LogP contribution is -2.06. The summed E-state index contributed by atoms with van der Waals surface area (Å²) in [5, 5.41) is 8.98. The second-order valence-electron chi connectivity index (χ2n) is 3.61. The summed E-state index contributed by atoms with van der Waals surface area (Å²) in [6.45, 7) is 3.75. The highest BCUT2D eigenvalue weighted by molar-refractivity contribution is 9.10. The third-order valence-electron chi connectivity index (χ3n) is 2.06. The van der Waals surface area contributed by atoms with Crippen LogP contribution in [0.2, 0.25) is 0 Å². The Bertz CT molecular complexity index is 377. The van der Waals surface area contributed by atoms with E-state index in [0.717, 1.165) is 10.0 Å². The monoisotopic (exact) mass is 268 g/mol. The number of benzene rings is 1. The molecule has 0 fully saturated rings. The maximum Gasteiger partial charge on any atom is 0.331 e. The van der Waals surface area contributed by atoms with E-state index in [1.54, 1.807) is 6.08 Å². The molecule has 0 unspecified atom stereocenters. The topological polar surface area (TPSA) is 37.3 Å². The molecule has 1 aromatic carbocycles. The molecule has 0 amide bonds. The zero-order chi connectivity index (χ0) is 11.4. The molecule has 15 heavy (non-hydrogen) atoms. The standard InChI is InChI=1S/C12H13BrO2/c1-8(2)11(12(14)15)7-9-3-5-10(13)6-4-9/h3-8H,1-2H3,(H,14,15)/b11-7+. The van der Waals surface area contributed by atoms with Gasteiger partial charge >= 0.3 is 5.97 Å². The van der Waals surface area contributed by atoms with Crippen molar-refractivity contribution >= 4 is 28.0 Å². The number of halogens is 1. The van der Waals surface area contributed by atoms with Crippen molar-refractivity contribution in [3.63, 3.8) is 0 Å². The van der Waals surface area contributed by atoms with E-state index in [4.69, 9.17) is 5.11 Å². The number of carbonyl (C=O) groups is 1. The molecular weight excluding hydrogens is 256 g/mol. The molecule has 1 rings (SSSR count). The highest BCUT2D eigenvalue weighted by Crippen LogP contribution is 2.17. The number of carboxylic acids is 1. The molecule has 0 bridgehead atoms. The van der Waals surface area contributed by atoms with Gasteiger partial charge in [-0.05, 0) is 29.7 Å². The molecule has 0 atom stereocenters. The van der Waals surface area contributed by atoms with Crippen LogP contribution in [0.3, 0.4) is 0 Å². The van der Waals surface area contributed by atoms with Gasteiger partial charge in [-0.2, -0.15) is 0 Å². The van der Waals surface area contributed by atoms with Gasteiger partial charge in [-0.15, -0.1) is 0 Å². The van der Waals surface area contributed by atoms with E-state index in [2.05, 4.69) is 15.9 Å². The Labute approximate surface area is 97.8 Å². The van der Waals surface area contributed by atoms with Crippen molar-refractivity contribution in [2.45, 2.75) is 13.8 Å². The summed E-state index contributed by atoms with van der Waals surface area (Å²) < 4.78 is 0.987. The predicted molar refractivity (Wildman–Crippen MR) is 64.6 cm³/mol. The van der Waals surface area contributed by atoms with Crippen molar-refractivity contribution in [1.29, 1.82) is 0 Å². The third-order valence-corrected chi connectivity index (χ3v) is 2.59. The van der Waals surface area contributed by atoms with Crippen LogP contribution in [-0.4, -0.2) is 11.1 Å². The fourth-order valence-corrected chi connectivity index (χ4v) is 1.48. The maximum atomic E-state index is 10.9. The van der Waals surface area contributed by atoms with Gasteiger partial charge in [-0.25, -0.2) is 4.79 Å². The van der Waals surface area contributed by atoms with Crippen LogP contribution >= 0.6 is 15.9 Å². The smallest absolute Gasteiger partial charge is 0.331 e. The SMILES string of the molecule is CC(C)/C(=C\c1ccc(Br)cc1)C(=O)O. The van der Waals surface area contributed by atoms with Gasteiger partial charge < -0.3 is 5.11 Å². The zero-order valence-electron chi connectivity index (χ0n) is 8.70. The lowest BCUT2D eigenvalue weighted by molar-refractivity contribution is -0.133. The summed E-state index contributed by atoms with van der Waals surface area (Å²) in [6.07, 6.45) is 1.71. The normalized spacial score (nSPS) is 11.9. The third kappa shape index (κ3) is 3.51. The number of hydrogen-bond acceptors (Lipinski definition) is 1. The Kier molecular flexibility index (Phi) is 4.09. The van der Waals surface area contributed by atoms with E-state index in [0.29, 0.717) is 5.57 Å². The maximum absolute atomic E-state index is 10.9. The predicted octanol–water partition coefficient (Wildman–Crippen LogP) is 3.57. The molecule has 1 aromatic rings. The first-order valence-electron chi connectivity index (χ1n) is 4.71. The molecular formula is C12H13BrO2. The highest BCUT2D eigenvalue weighted by Gasteiger charge is 2.11. The van der Waals surface area contributed by atoms with Gasteiger partial charge in [0, 0.05) is 10.0 Å². The molecule has 0 saturated carbocycles. The molecule has 80 valence electrons. The summed E-state index contributed by atoms with van der Waals surface area (Å²) in [6, 6.07) is 7.56. The van der Waals surface area contributed by atoms with Crippen LogP contribution in [0.5, 0.6) is 0 Å². The van der Waals surface area contributed by atoms with E-state index in [-0.39, 0.29) is 5.92 Å². The zero-order valence-corrected chi connectivity index (χ0v) is 10.3. The highest BCUT2D eigenvalue weighted by atomic mass is 79.9. The van der Waals surface area contributed by atoms with Crippen LogP contribution in [0.4, 0.5) is 0 Å². The number of carboxylic acid groups (broad SMARTS) is 1. The quantitative estimate of drug-likeness (QED) is 0.851.